The molecule has 0 unspecified atom stereocenters. The van der Waals surface area contributed by atoms with Crippen LogP contribution in [-0.2, 0) is 11.2 Å². The van der Waals surface area contributed by atoms with E-state index in [0.29, 0.717) is 12.3 Å². The summed E-state index contributed by atoms with van der Waals surface area (Å²) in [6.07, 6.45) is 8.07. The van der Waals surface area contributed by atoms with E-state index in [0.717, 1.165) is 41.9 Å². The van der Waals surface area contributed by atoms with Gasteiger partial charge in [0.25, 0.3) is 0 Å². The minimum Gasteiger partial charge on any atom is -0.342 e. The van der Waals surface area contributed by atoms with Gasteiger partial charge in [-0.05, 0) is 36.8 Å². The predicted octanol–water partition coefficient (Wildman–Crippen LogP) is 4.27. The van der Waals surface area contributed by atoms with Crippen LogP contribution < -0.4 is 0 Å². The van der Waals surface area contributed by atoms with Crippen LogP contribution in [0.4, 0.5) is 0 Å². The zero-order valence-electron chi connectivity index (χ0n) is 13.5. The van der Waals surface area contributed by atoms with Crippen LogP contribution in [0.3, 0.4) is 0 Å². The number of para-hydroxylation sites is 1. The average molecular weight is 328 g/mol. The topological polar surface area (TPSA) is 33.2 Å². The third kappa shape index (κ3) is 3.27. The molecule has 1 aliphatic heterocycles. The summed E-state index contributed by atoms with van der Waals surface area (Å²) >= 11 is 1.72. The number of carbonyl (C=O) groups excluding carboxylic acids is 1. The summed E-state index contributed by atoms with van der Waals surface area (Å²) in [6, 6.07) is 8.21. The summed E-state index contributed by atoms with van der Waals surface area (Å²) in [5.74, 6) is 1.98. The minimum absolute atomic E-state index is 0.327. The predicted molar refractivity (Wildman–Crippen MR) is 94.6 cm³/mol. The zero-order chi connectivity index (χ0) is 15.6. The number of piperidine rings is 1. The number of nitrogens with zero attached hydrogens (tertiary/aromatic N) is 2. The first kappa shape index (κ1) is 15.1. The third-order valence-corrected chi connectivity index (χ3v) is 6.63. The number of rotatable bonds is 3. The molecule has 1 aromatic carbocycles. The van der Waals surface area contributed by atoms with Crippen molar-refractivity contribution in [3.8, 4) is 0 Å². The number of likely N-dealkylation sites (tertiary alicyclic amines) is 1. The monoisotopic (exact) mass is 328 g/mol. The van der Waals surface area contributed by atoms with Crippen molar-refractivity contribution in [1.82, 2.24) is 9.88 Å². The van der Waals surface area contributed by atoms with Crippen molar-refractivity contribution in [2.24, 2.45) is 11.8 Å². The highest BCUT2D eigenvalue weighted by molar-refractivity contribution is 7.18. The molecule has 4 rings (SSSR count). The van der Waals surface area contributed by atoms with Crippen LogP contribution in [-0.4, -0.2) is 28.9 Å². The third-order valence-electron chi connectivity index (χ3n) is 5.53. The number of aromatic nitrogens is 1. The molecule has 0 radical (unpaired) electrons. The van der Waals surface area contributed by atoms with Gasteiger partial charge in [0.2, 0.25) is 5.91 Å². The largest absolute Gasteiger partial charge is 0.342 e. The van der Waals surface area contributed by atoms with E-state index in [1.54, 1.807) is 11.3 Å². The summed E-state index contributed by atoms with van der Waals surface area (Å²) in [5.41, 5.74) is 1.06. The highest BCUT2D eigenvalue weighted by atomic mass is 32.1. The molecule has 23 heavy (non-hydrogen) atoms. The number of aryl methyl sites for hydroxylation is 1. The molecule has 2 fully saturated rings. The van der Waals surface area contributed by atoms with Gasteiger partial charge >= 0.3 is 0 Å². The molecule has 2 heterocycles. The molecule has 3 nitrogen and oxygen atoms in total. The number of amides is 1. The van der Waals surface area contributed by atoms with E-state index in [-0.39, 0.29) is 0 Å². The van der Waals surface area contributed by atoms with Crippen LogP contribution in [0, 0.1) is 11.8 Å². The molecule has 4 heteroatoms. The van der Waals surface area contributed by atoms with E-state index in [9.17, 15) is 4.79 Å². The van der Waals surface area contributed by atoms with Crippen LogP contribution in [0.1, 0.15) is 43.5 Å². The lowest BCUT2D eigenvalue weighted by atomic mass is 9.75. The maximum atomic E-state index is 12.6. The van der Waals surface area contributed by atoms with Crippen LogP contribution >= 0.6 is 11.3 Å². The van der Waals surface area contributed by atoms with Crippen LogP contribution in [0.5, 0.6) is 0 Å². The second-order valence-electron chi connectivity index (χ2n) is 7.01. The van der Waals surface area contributed by atoms with E-state index in [4.69, 9.17) is 0 Å². The fourth-order valence-corrected chi connectivity index (χ4v) is 5.19. The molecular formula is C19H24N2OS. The molecule has 2 aliphatic rings. The highest BCUT2D eigenvalue weighted by Crippen LogP contribution is 2.36. The minimum atomic E-state index is 0.327. The van der Waals surface area contributed by atoms with Crippen LogP contribution in [0.15, 0.2) is 24.3 Å². The SMILES string of the molecule is O=C(CCc1nc2ccccc2s1)N1CC[C@@H]2CCCC[C@H]2C1. The Morgan fingerprint density at radius 1 is 1.17 bits per heavy atom. The molecule has 2 atom stereocenters. The fourth-order valence-electron chi connectivity index (χ4n) is 4.23. The number of thiazole rings is 1. The van der Waals surface area contributed by atoms with Crippen molar-refractivity contribution in [3.63, 3.8) is 0 Å². The lowest BCUT2D eigenvalue weighted by molar-refractivity contribution is -0.134. The van der Waals surface area contributed by atoms with Crippen LogP contribution in [0.25, 0.3) is 10.2 Å². The Bertz CT molecular complexity index is 662. The van der Waals surface area contributed by atoms with Crippen molar-refractivity contribution < 1.29 is 4.79 Å². The molecule has 1 aliphatic carbocycles. The van der Waals surface area contributed by atoms with Crippen molar-refractivity contribution in [2.75, 3.05) is 13.1 Å². The van der Waals surface area contributed by atoms with Gasteiger partial charge in [0.1, 0.15) is 0 Å². The van der Waals surface area contributed by atoms with Gasteiger partial charge in [-0.25, -0.2) is 4.98 Å². The van der Waals surface area contributed by atoms with E-state index in [1.807, 2.05) is 18.2 Å². The fraction of sp³-hybridized carbons (Fsp3) is 0.579. The van der Waals surface area contributed by atoms with Gasteiger partial charge in [-0.15, -0.1) is 11.3 Å². The summed E-state index contributed by atoms with van der Waals surface area (Å²) in [4.78, 5) is 19.3. The first-order chi connectivity index (χ1) is 11.3. The van der Waals surface area contributed by atoms with Gasteiger partial charge < -0.3 is 4.90 Å². The molecule has 1 amide bonds. The number of hydrogen-bond acceptors (Lipinski definition) is 3. The lowest BCUT2D eigenvalue weighted by Crippen LogP contribution is -2.44. The lowest BCUT2D eigenvalue weighted by Gasteiger charge is -2.41. The molecule has 1 saturated heterocycles. The van der Waals surface area contributed by atoms with Gasteiger partial charge in [0, 0.05) is 25.9 Å². The zero-order valence-corrected chi connectivity index (χ0v) is 14.4. The van der Waals surface area contributed by atoms with Crippen molar-refractivity contribution in [1.29, 1.82) is 0 Å². The molecule has 1 aromatic heterocycles. The van der Waals surface area contributed by atoms with Gasteiger partial charge in [-0.1, -0.05) is 31.4 Å². The summed E-state index contributed by atoms with van der Waals surface area (Å²) in [5, 5.41) is 1.09. The van der Waals surface area contributed by atoms with Crippen molar-refractivity contribution >= 4 is 27.5 Å². The summed E-state index contributed by atoms with van der Waals surface area (Å²) in [6.45, 7) is 1.98. The van der Waals surface area contributed by atoms with Gasteiger partial charge in [-0.2, -0.15) is 0 Å². The Morgan fingerprint density at radius 3 is 2.87 bits per heavy atom. The quantitative estimate of drug-likeness (QED) is 0.843. The van der Waals surface area contributed by atoms with E-state index in [1.165, 1.54) is 36.8 Å². The summed E-state index contributed by atoms with van der Waals surface area (Å²) < 4.78 is 1.22. The Hall–Kier alpha value is -1.42. The molecule has 0 N–H and O–H groups in total. The van der Waals surface area contributed by atoms with Crippen LogP contribution in [0.2, 0.25) is 0 Å². The van der Waals surface area contributed by atoms with Crippen molar-refractivity contribution in [2.45, 2.75) is 44.9 Å². The van der Waals surface area contributed by atoms with Crippen molar-refractivity contribution in [3.05, 3.63) is 29.3 Å². The van der Waals surface area contributed by atoms with E-state index >= 15 is 0 Å². The Labute approximate surface area is 141 Å². The normalized spacial score (nSPS) is 24.6. The Kier molecular flexibility index (Phi) is 4.34. The van der Waals surface area contributed by atoms with E-state index in [2.05, 4.69) is 16.0 Å². The molecule has 0 bridgehead atoms. The first-order valence-corrected chi connectivity index (χ1v) is 9.73. The highest BCUT2D eigenvalue weighted by Gasteiger charge is 2.32. The Morgan fingerprint density at radius 2 is 2.00 bits per heavy atom. The molecule has 1 saturated carbocycles. The van der Waals surface area contributed by atoms with Gasteiger partial charge in [-0.3, -0.25) is 4.79 Å². The maximum Gasteiger partial charge on any atom is 0.222 e. The number of fused-ring (bicyclic) bond motifs is 2. The standard InChI is InChI=1S/C19H24N2OS/c22-19(21-12-11-14-5-1-2-6-15(14)13-21)10-9-18-20-16-7-3-4-8-17(16)23-18/h3-4,7-8,14-15H,1-2,5-6,9-13H2/t14-,15-/m0/s1. The summed E-state index contributed by atoms with van der Waals surface area (Å²) in [7, 11) is 0. The maximum absolute atomic E-state index is 12.6. The van der Waals surface area contributed by atoms with Gasteiger partial charge in [0.15, 0.2) is 0 Å². The molecule has 0 spiro atoms. The van der Waals surface area contributed by atoms with E-state index < -0.39 is 0 Å². The second kappa shape index (κ2) is 6.60. The van der Waals surface area contributed by atoms with Gasteiger partial charge in [0.05, 0.1) is 15.2 Å². The number of carbonyl (C=O) groups is 1. The first-order valence-electron chi connectivity index (χ1n) is 8.92. The Balaban J connectivity index is 1.34. The molecule has 122 valence electrons. The average Bonchev–Trinajstić information content (AvgIpc) is 3.02. The number of benzene rings is 1. The number of hydrogen-bond donors (Lipinski definition) is 0. The molecular weight excluding hydrogens is 304 g/mol. The second-order valence-corrected chi connectivity index (χ2v) is 8.12. The molecule has 2 aromatic rings. The smallest absolute Gasteiger partial charge is 0.222 e.